The molecule has 12 heteroatoms. The lowest BCUT2D eigenvalue weighted by molar-refractivity contribution is -0.137. The minimum Gasteiger partial charge on any atom is -0.508 e. The van der Waals surface area contributed by atoms with Gasteiger partial charge in [0.2, 0.25) is 0 Å². The number of hydrogen-bond donors (Lipinski definition) is 8. The molecule has 3 aromatic carbocycles. The van der Waals surface area contributed by atoms with E-state index in [1.165, 1.54) is 94.9 Å². The highest BCUT2D eigenvalue weighted by Crippen LogP contribution is 2.44. The summed E-state index contributed by atoms with van der Waals surface area (Å²) in [6.07, 6.45) is 19.8. The molecule has 3 unspecified atom stereocenters. The third kappa shape index (κ3) is 11.6. The first kappa shape index (κ1) is 39.5. The molecule has 1 heterocycles. The maximum absolute atomic E-state index is 12.7. The Hall–Kier alpha value is -5.26. The van der Waals surface area contributed by atoms with Gasteiger partial charge in [0.05, 0.1) is 5.56 Å². The number of carboxylic acids is 1. The molecule has 0 saturated heterocycles. The van der Waals surface area contributed by atoms with E-state index in [9.17, 15) is 45.3 Å². The van der Waals surface area contributed by atoms with Gasteiger partial charge in [0.25, 0.3) is 0 Å². The van der Waals surface area contributed by atoms with Crippen LogP contribution in [0.25, 0.3) is 0 Å². The molecule has 8 N–H and O–H groups in total. The zero-order valence-corrected chi connectivity index (χ0v) is 29.2. The number of ether oxygens (including phenoxy) is 2. The van der Waals surface area contributed by atoms with E-state index in [0.29, 0.717) is 12.0 Å². The minimum atomic E-state index is -1.06. The van der Waals surface area contributed by atoms with Gasteiger partial charge in [0.15, 0.2) is 34.9 Å². The number of hydrogen-bond acceptors (Lipinski definition) is 11. The normalized spacial score (nSPS) is 17.4. The summed E-state index contributed by atoms with van der Waals surface area (Å²) in [5.74, 6) is -4.20. The lowest BCUT2D eigenvalue weighted by atomic mass is 9.93. The van der Waals surface area contributed by atoms with Crippen molar-refractivity contribution in [1.29, 1.82) is 0 Å². The van der Waals surface area contributed by atoms with Crippen molar-refractivity contribution >= 4 is 11.9 Å². The van der Waals surface area contributed by atoms with Gasteiger partial charge in [-0.05, 0) is 55.9 Å². The fourth-order valence-electron chi connectivity index (χ4n) is 6.51. The number of esters is 1. The van der Waals surface area contributed by atoms with Crippen molar-refractivity contribution in [2.24, 2.45) is 5.92 Å². The molecule has 0 spiro atoms. The Morgan fingerprint density at radius 2 is 1.35 bits per heavy atom. The zero-order valence-electron chi connectivity index (χ0n) is 29.2. The number of allylic oxidation sites excluding steroid dienone is 2. The number of benzene rings is 3. The van der Waals surface area contributed by atoms with Crippen molar-refractivity contribution in [3.8, 4) is 46.0 Å². The molecule has 3 atom stereocenters. The van der Waals surface area contributed by atoms with Crippen LogP contribution in [0.2, 0.25) is 0 Å². The smallest absolute Gasteiger partial charge is 0.338 e. The van der Waals surface area contributed by atoms with Gasteiger partial charge in [-0.1, -0.05) is 76.0 Å². The Morgan fingerprint density at radius 3 is 1.94 bits per heavy atom. The van der Waals surface area contributed by atoms with Gasteiger partial charge >= 0.3 is 11.9 Å². The maximum Gasteiger partial charge on any atom is 0.338 e. The van der Waals surface area contributed by atoms with Crippen LogP contribution in [-0.4, -0.2) is 58.9 Å². The topological polar surface area (TPSA) is 214 Å². The molecule has 0 bridgehead atoms. The summed E-state index contributed by atoms with van der Waals surface area (Å²) >= 11 is 0. The predicted molar refractivity (Wildman–Crippen MR) is 192 cm³/mol. The third-order valence-electron chi connectivity index (χ3n) is 9.39. The Morgan fingerprint density at radius 1 is 0.712 bits per heavy atom. The second kappa shape index (κ2) is 19.4. The monoisotopic (exact) mass is 722 g/mol. The predicted octanol–water partition coefficient (Wildman–Crippen LogP) is 8.25. The molecule has 12 nitrogen and oxygen atoms in total. The van der Waals surface area contributed by atoms with E-state index in [4.69, 9.17) is 14.6 Å². The Kier molecular flexibility index (Phi) is 14.7. The van der Waals surface area contributed by atoms with Crippen molar-refractivity contribution in [2.75, 3.05) is 0 Å². The lowest BCUT2D eigenvalue weighted by Crippen LogP contribution is -2.34. The molecule has 0 fully saturated rings. The van der Waals surface area contributed by atoms with Gasteiger partial charge in [0.1, 0.15) is 23.4 Å². The average molecular weight is 723 g/mol. The molecule has 1 aliphatic carbocycles. The van der Waals surface area contributed by atoms with Crippen molar-refractivity contribution in [3.63, 3.8) is 0 Å². The summed E-state index contributed by atoms with van der Waals surface area (Å²) in [4.78, 5) is 23.0. The highest BCUT2D eigenvalue weighted by Gasteiger charge is 2.37. The largest absolute Gasteiger partial charge is 0.508 e. The van der Waals surface area contributed by atoms with Gasteiger partial charge in [0, 0.05) is 36.1 Å². The SMILES string of the molecule is O=C(O)CCCCCCCCCCCCC1C=CCC1.O=C(OC1Cc2c(O)cc(O)cc2OC1c1ccc(O)c(O)c1)c1cc(O)c(O)c(O)c1. The molecule has 0 amide bonds. The molecule has 0 aromatic heterocycles. The number of carboxylic acid groups (broad SMARTS) is 1. The van der Waals surface area contributed by atoms with Crippen LogP contribution in [0.3, 0.4) is 0 Å². The van der Waals surface area contributed by atoms with Crippen LogP contribution in [0.1, 0.15) is 117 Å². The number of aliphatic carboxylic acids is 1. The highest BCUT2D eigenvalue weighted by molar-refractivity contribution is 5.91. The van der Waals surface area contributed by atoms with E-state index in [-0.39, 0.29) is 40.5 Å². The van der Waals surface area contributed by atoms with Crippen LogP contribution in [-0.2, 0) is 16.0 Å². The Balaban J connectivity index is 0.000000261. The summed E-state index contributed by atoms with van der Waals surface area (Å²) in [6, 6.07) is 8.07. The minimum absolute atomic E-state index is 0.0461. The second-order valence-electron chi connectivity index (χ2n) is 13.5. The number of rotatable bonds is 16. The first-order valence-corrected chi connectivity index (χ1v) is 18.0. The van der Waals surface area contributed by atoms with Gasteiger partial charge in [-0.3, -0.25) is 4.79 Å². The van der Waals surface area contributed by atoms with Crippen LogP contribution in [0.4, 0.5) is 0 Å². The summed E-state index contributed by atoms with van der Waals surface area (Å²) in [5.41, 5.74) is 0.324. The van der Waals surface area contributed by atoms with Crippen molar-refractivity contribution in [2.45, 2.75) is 109 Å². The molecular formula is C40H50O12. The molecule has 282 valence electrons. The van der Waals surface area contributed by atoms with Crippen molar-refractivity contribution in [1.82, 2.24) is 0 Å². The summed E-state index contributed by atoms with van der Waals surface area (Å²) < 4.78 is 11.4. The van der Waals surface area contributed by atoms with E-state index < -0.39 is 47.1 Å². The molecule has 2 aliphatic rings. The summed E-state index contributed by atoms with van der Waals surface area (Å²) in [5, 5.41) is 76.8. The highest BCUT2D eigenvalue weighted by atomic mass is 16.6. The molecule has 5 rings (SSSR count). The maximum atomic E-state index is 12.7. The fraction of sp³-hybridized carbons (Fsp3) is 0.450. The third-order valence-corrected chi connectivity index (χ3v) is 9.39. The Bertz CT molecular complexity index is 1660. The van der Waals surface area contributed by atoms with E-state index in [1.54, 1.807) is 0 Å². The number of phenols is 7. The van der Waals surface area contributed by atoms with Crippen molar-refractivity contribution in [3.05, 3.63) is 71.3 Å². The van der Waals surface area contributed by atoms with Crippen LogP contribution in [0.15, 0.2) is 54.6 Å². The molecule has 0 radical (unpaired) electrons. The lowest BCUT2D eigenvalue weighted by Gasteiger charge is -2.34. The van der Waals surface area contributed by atoms with Crippen LogP contribution >= 0.6 is 0 Å². The van der Waals surface area contributed by atoms with Crippen LogP contribution in [0, 0.1) is 5.92 Å². The number of carbonyl (C=O) groups is 2. The number of carbonyl (C=O) groups excluding carboxylic acids is 1. The molecule has 52 heavy (non-hydrogen) atoms. The molecule has 3 aromatic rings. The second-order valence-corrected chi connectivity index (χ2v) is 13.5. The average Bonchev–Trinajstić information content (AvgIpc) is 3.62. The summed E-state index contributed by atoms with van der Waals surface area (Å²) in [6.45, 7) is 0. The van der Waals surface area contributed by atoms with Gasteiger partial charge < -0.3 is 50.3 Å². The number of phenolic OH excluding ortho intramolecular Hbond substituents is 7. The van der Waals surface area contributed by atoms with E-state index in [1.807, 2.05) is 0 Å². The van der Waals surface area contributed by atoms with Gasteiger partial charge in [-0.25, -0.2) is 4.79 Å². The van der Waals surface area contributed by atoms with Gasteiger partial charge in [-0.2, -0.15) is 0 Å². The first-order valence-electron chi connectivity index (χ1n) is 18.0. The van der Waals surface area contributed by atoms with Gasteiger partial charge in [-0.15, -0.1) is 0 Å². The molecular weight excluding hydrogens is 672 g/mol. The van der Waals surface area contributed by atoms with E-state index in [0.717, 1.165) is 37.0 Å². The van der Waals surface area contributed by atoms with E-state index in [2.05, 4.69) is 12.2 Å². The Labute approximate surface area is 303 Å². The zero-order chi connectivity index (χ0) is 37.6. The standard InChI is InChI=1S/C22H18O10.C18H32O2/c23-11-6-14(25)12-8-19(32-22(30)10-4-16(27)20(29)17(28)5-10)21(31-18(12)7-11)9-1-2-13(24)15(26)3-9;19-18(20)16-10-8-6-4-2-1-3-5-7-9-13-17-14-11-12-15-17/h1-7,19,21,23-29H,8H2;11,14,17H,1-10,12-13,15-16H2,(H,19,20). The quantitative estimate of drug-likeness (QED) is 0.0304. The van der Waals surface area contributed by atoms with Crippen molar-refractivity contribution < 1.29 is 59.9 Å². The number of aromatic hydroxyl groups is 7. The first-order chi connectivity index (χ1) is 24.9. The summed E-state index contributed by atoms with van der Waals surface area (Å²) in [7, 11) is 0. The fourth-order valence-corrected chi connectivity index (χ4v) is 6.51. The van der Waals surface area contributed by atoms with Crippen LogP contribution < -0.4 is 4.74 Å². The molecule has 1 aliphatic heterocycles. The molecule has 0 saturated carbocycles. The van der Waals surface area contributed by atoms with Crippen LogP contribution in [0.5, 0.6) is 46.0 Å². The number of fused-ring (bicyclic) bond motifs is 1. The number of unbranched alkanes of at least 4 members (excludes halogenated alkanes) is 9. The van der Waals surface area contributed by atoms with E-state index >= 15 is 0 Å².